The fraction of sp³-hybridized carbons (Fsp3) is 0.389. The molecule has 0 saturated heterocycles. The molecule has 1 aliphatic rings. The van der Waals surface area contributed by atoms with Gasteiger partial charge in [0, 0.05) is 5.70 Å². The molecule has 1 saturated carbocycles. The first-order valence-corrected chi connectivity index (χ1v) is 8.25. The van der Waals surface area contributed by atoms with Crippen molar-refractivity contribution in [1.29, 1.82) is 0 Å². The molecule has 1 aliphatic carbocycles. The van der Waals surface area contributed by atoms with E-state index in [2.05, 4.69) is 4.99 Å². The highest BCUT2D eigenvalue weighted by atomic mass is 19.1. The number of carbonyl (C=O) groups excluding carboxylic acids is 2. The smallest absolute Gasteiger partial charge is 0.344 e. The fourth-order valence-electron chi connectivity index (χ4n) is 2.80. The number of hydrogen-bond donors (Lipinski definition) is 2. The number of halogens is 2. The summed E-state index contributed by atoms with van der Waals surface area (Å²) in [6.07, 6.45) is 3.82. The third-order valence-corrected chi connectivity index (χ3v) is 4.08. The summed E-state index contributed by atoms with van der Waals surface area (Å²) < 4.78 is 32.1. The minimum atomic E-state index is -1.03. The van der Waals surface area contributed by atoms with Crippen LogP contribution in [0.3, 0.4) is 0 Å². The number of benzene rings is 1. The second-order valence-corrected chi connectivity index (χ2v) is 6.11. The first-order chi connectivity index (χ1) is 12.3. The average molecular weight is 365 g/mol. The Morgan fingerprint density at radius 3 is 2.31 bits per heavy atom. The Balaban J connectivity index is 2.09. The second-order valence-electron chi connectivity index (χ2n) is 6.11. The van der Waals surface area contributed by atoms with E-state index in [4.69, 9.17) is 16.2 Å². The molecule has 0 amide bonds. The second kappa shape index (κ2) is 8.55. The first kappa shape index (κ1) is 19.6. The SMILES string of the molecule is CC(N)=C(C(=O)OCC(=O)c1c(F)cccc1F)C(N)=NC1CCCC1. The van der Waals surface area contributed by atoms with Crippen molar-refractivity contribution < 1.29 is 23.1 Å². The molecule has 0 aromatic heterocycles. The number of ether oxygens (including phenoxy) is 1. The molecule has 0 atom stereocenters. The lowest BCUT2D eigenvalue weighted by atomic mass is 10.1. The van der Waals surface area contributed by atoms with Crippen LogP contribution in [0.15, 0.2) is 34.5 Å². The fourth-order valence-corrected chi connectivity index (χ4v) is 2.80. The van der Waals surface area contributed by atoms with Crippen molar-refractivity contribution in [3.63, 3.8) is 0 Å². The van der Waals surface area contributed by atoms with Crippen molar-refractivity contribution in [2.45, 2.75) is 38.6 Å². The average Bonchev–Trinajstić information content (AvgIpc) is 3.05. The van der Waals surface area contributed by atoms with Crippen molar-refractivity contribution in [3.05, 3.63) is 46.7 Å². The number of Topliss-reactive ketones (excluding diaryl/α,β-unsaturated/α-hetero) is 1. The van der Waals surface area contributed by atoms with Gasteiger partial charge in [-0.3, -0.25) is 9.79 Å². The summed E-state index contributed by atoms with van der Waals surface area (Å²) in [7, 11) is 0. The topological polar surface area (TPSA) is 108 Å². The van der Waals surface area contributed by atoms with E-state index in [1.165, 1.54) is 6.92 Å². The van der Waals surface area contributed by atoms with Crippen LogP contribution >= 0.6 is 0 Å². The van der Waals surface area contributed by atoms with Crippen molar-refractivity contribution in [2.75, 3.05) is 6.61 Å². The molecular weight excluding hydrogens is 344 g/mol. The highest BCUT2D eigenvalue weighted by Crippen LogP contribution is 2.21. The molecule has 0 bridgehead atoms. The molecule has 1 aromatic carbocycles. The van der Waals surface area contributed by atoms with Crippen LogP contribution < -0.4 is 11.5 Å². The van der Waals surface area contributed by atoms with E-state index >= 15 is 0 Å². The molecule has 0 radical (unpaired) electrons. The van der Waals surface area contributed by atoms with Gasteiger partial charge in [0.1, 0.15) is 23.0 Å². The van der Waals surface area contributed by atoms with E-state index in [0.717, 1.165) is 43.9 Å². The summed E-state index contributed by atoms with van der Waals surface area (Å²) in [5.74, 6) is -4.09. The number of nitrogens with zero attached hydrogens (tertiary/aromatic N) is 1. The van der Waals surface area contributed by atoms with Crippen LogP contribution in [0.1, 0.15) is 43.0 Å². The summed E-state index contributed by atoms with van der Waals surface area (Å²) in [6, 6.07) is 3.04. The van der Waals surface area contributed by atoms with Crippen molar-refractivity contribution in [1.82, 2.24) is 0 Å². The zero-order valence-electron chi connectivity index (χ0n) is 14.4. The molecular formula is C18H21F2N3O3. The first-order valence-electron chi connectivity index (χ1n) is 8.25. The number of rotatable bonds is 6. The van der Waals surface area contributed by atoms with Crippen LogP contribution in [0.25, 0.3) is 0 Å². The molecule has 0 unspecified atom stereocenters. The molecule has 4 N–H and O–H groups in total. The highest BCUT2D eigenvalue weighted by Gasteiger charge is 2.23. The maximum Gasteiger partial charge on any atom is 0.344 e. The third-order valence-electron chi connectivity index (χ3n) is 4.08. The minimum absolute atomic E-state index is 0.0197. The van der Waals surface area contributed by atoms with E-state index in [1.807, 2.05) is 0 Å². The summed E-state index contributed by atoms with van der Waals surface area (Å²) in [5.41, 5.74) is 10.7. The van der Waals surface area contributed by atoms with Crippen LogP contribution in [0.5, 0.6) is 0 Å². The molecule has 6 nitrogen and oxygen atoms in total. The molecule has 26 heavy (non-hydrogen) atoms. The highest BCUT2D eigenvalue weighted by molar-refractivity contribution is 6.19. The summed E-state index contributed by atoms with van der Waals surface area (Å²) in [4.78, 5) is 28.5. The Morgan fingerprint density at radius 1 is 1.19 bits per heavy atom. The monoisotopic (exact) mass is 365 g/mol. The summed E-state index contributed by atoms with van der Waals surface area (Å²) in [6.45, 7) is 0.607. The van der Waals surface area contributed by atoms with Crippen molar-refractivity contribution in [2.24, 2.45) is 16.5 Å². The number of aliphatic imine (C=N–C) groups is 1. The molecule has 8 heteroatoms. The van der Waals surface area contributed by atoms with E-state index in [0.29, 0.717) is 0 Å². The van der Waals surface area contributed by atoms with Crippen LogP contribution in [-0.4, -0.2) is 30.2 Å². The van der Waals surface area contributed by atoms with Gasteiger partial charge >= 0.3 is 5.97 Å². The van der Waals surface area contributed by atoms with Gasteiger partial charge in [0.05, 0.1) is 11.6 Å². The molecule has 140 valence electrons. The molecule has 1 aromatic rings. The number of ketones is 1. The maximum atomic E-state index is 13.6. The molecule has 1 fully saturated rings. The van der Waals surface area contributed by atoms with Gasteiger partial charge in [0.15, 0.2) is 6.61 Å². The number of allylic oxidation sites excluding steroid dienone is 1. The Bertz CT molecular complexity index is 745. The van der Waals surface area contributed by atoms with Gasteiger partial charge in [-0.15, -0.1) is 0 Å². The van der Waals surface area contributed by atoms with E-state index in [-0.39, 0.29) is 23.1 Å². The molecule has 2 rings (SSSR count). The van der Waals surface area contributed by atoms with Gasteiger partial charge in [-0.2, -0.15) is 0 Å². The predicted molar refractivity (Wildman–Crippen MR) is 92.4 cm³/mol. The van der Waals surface area contributed by atoms with Crippen LogP contribution in [0.4, 0.5) is 8.78 Å². The lowest BCUT2D eigenvalue weighted by Crippen LogP contribution is -2.29. The molecule has 0 heterocycles. The van der Waals surface area contributed by atoms with Gasteiger partial charge < -0.3 is 16.2 Å². The van der Waals surface area contributed by atoms with Gasteiger partial charge in [-0.25, -0.2) is 13.6 Å². The van der Waals surface area contributed by atoms with E-state index < -0.39 is 35.6 Å². The van der Waals surface area contributed by atoms with Crippen LogP contribution in [-0.2, 0) is 9.53 Å². The van der Waals surface area contributed by atoms with E-state index in [1.54, 1.807) is 0 Å². The maximum absolute atomic E-state index is 13.6. The Kier molecular flexibility index (Phi) is 6.43. The normalized spacial score (nSPS) is 16.3. The van der Waals surface area contributed by atoms with E-state index in [9.17, 15) is 18.4 Å². The molecule has 0 aliphatic heterocycles. The predicted octanol–water partition coefficient (Wildman–Crippen LogP) is 2.22. The summed E-state index contributed by atoms with van der Waals surface area (Å²) >= 11 is 0. The summed E-state index contributed by atoms with van der Waals surface area (Å²) in [5, 5.41) is 0. The van der Waals surface area contributed by atoms with Crippen molar-refractivity contribution in [3.8, 4) is 0 Å². The van der Waals surface area contributed by atoms with Gasteiger partial charge in [-0.1, -0.05) is 18.9 Å². The molecule has 0 spiro atoms. The Morgan fingerprint density at radius 2 is 1.77 bits per heavy atom. The zero-order valence-corrected chi connectivity index (χ0v) is 14.4. The standard InChI is InChI=1S/C18H21F2N3O3/c1-10(21)15(17(22)23-11-5-2-3-6-11)18(25)26-9-14(24)16-12(19)7-4-8-13(16)20/h4,7-8,11H,2-3,5-6,9,21H2,1H3,(H2,22,23). The lowest BCUT2D eigenvalue weighted by Gasteiger charge is -2.11. The third kappa shape index (κ3) is 4.65. The number of esters is 1. The van der Waals surface area contributed by atoms with Crippen LogP contribution in [0.2, 0.25) is 0 Å². The number of hydrogen-bond acceptors (Lipinski definition) is 5. The zero-order chi connectivity index (χ0) is 19.3. The number of carbonyl (C=O) groups is 2. The van der Waals surface area contributed by atoms with Gasteiger partial charge in [0.25, 0.3) is 0 Å². The lowest BCUT2D eigenvalue weighted by molar-refractivity contribution is -0.137. The van der Waals surface area contributed by atoms with Crippen molar-refractivity contribution >= 4 is 17.6 Å². The quantitative estimate of drug-likeness (QED) is 0.264. The number of amidine groups is 1. The number of nitrogens with two attached hydrogens (primary N) is 2. The Labute approximate surface area is 149 Å². The minimum Gasteiger partial charge on any atom is -0.454 e. The van der Waals surface area contributed by atoms with Gasteiger partial charge in [-0.05, 0) is 31.9 Å². The van der Waals surface area contributed by atoms with Gasteiger partial charge in [0.2, 0.25) is 5.78 Å². The van der Waals surface area contributed by atoms with Crippen LogP contribution in [0, 0.1) is 11.6 Å². The largest absolute Gasteiger partial charge is 0.454 e. The Hall–Kier alpha value is -2.77.